The molecule has 1 aliphatic carbocycles. The molecule has 2 atom stereocenters. The van der Waals surface area contributed by atoms with E-state index < -0.39 is 0 Å². The fourth-order valence-corrected chi connectivity index (χ4v) is 2.93. The molecular formula is C12H13BrO. The van der Waals surface area contributed by atoms with Gasteiger partial charge in [0.05, 0.1) is 11.7 Å². The monoisotopic (exact) mass is 252 g/mol. The molecule has 1 aromatic rings. The lowest BCUT2D eigenvalue weighted by atomic mass is 9.82. The van der Waals surface area contributed by atoms with Crippen molar-refractivity contribution in [2.75, 3.05) is 0 Å². The van der Waals surface area contributed by atoms with Gasteiger partial charge in [0.25, 0.3) is 0 Å². The van der Waals surface area contributed by atoms with Gasteiger partial charge in [-0.1, -0.05) is 22.0 Å². The maximum atomic E-state index is 5.73. The van der Waals surface area contributed by atoms with Gasteiger partial charge >= 0.3 is 0 Å². The predicted octanol–water partition coefficient (Wildman–Crippen LogP) is 3.10. The van der Waals surface area contributed by atoms with E-state index in [0.717, 1.165) is 6.42 Å². The predicted molar refractivity (Wildman–Crippen MR) is 59.4 cm³/mol. The number of hydrogen-bond acceptors (Lipinski definition) is 1. The molecule has 74 valence electrons. The molecule has 2 aliphatic rings. The average molecular weight is 253 g/mol. The zero-order chi connectivity index (χ0) is 9.76. The number of fused-ring (bicyclic) bond motifs is 1. The fraction of sp³-hybridized carbons (Fsp3) is 0.500. The molecule has 0 N–H and O–H groups in total. The number of epoxide rings is 1. The number of benzene rings is 1. The van der Waals surface area contributed by atoms with Crippen LogP contribution in [0.2, 0.25) is 0 Å². The first kappa shape index (κ1) is 8.93. The molecular weight excluding hydrogens is 240 g/mol. The molecule has 1 aromatic carbocycles. The van der Waals surface area contributed by atoms with Crippen LogP contribution in [-0.2, 0) is 17.6 Å². The van der Waals surface area contributed by atoms with Gasteiger partial charge in [0.1, 0.15) is 0 Å². The van der Waals surface area contributed by atoms with Crippen LogP contribution in [0.25, 0.3) is 0 Å². The first-order chi connectivity index (χ1) is 6.70. The van der Waals surface area contributed by atoms with Crippen molar-refractivity contribution in [3.63, 3.8) is 0 Å². The maximum absolute atomic E-state index is 5.73. The highest BCUT2D eigenvalue weighted by molar-refractivity contribution is 9.10. The maximum Gasteiger partial charge on any atom is 0.0988 e. The second-order valence-corrected chi connectivity index (χ2v) is 5.33. The van der Waals surface area contributed by atoms with Crippen LogP contribution in [0, 0.1) is 0 Å². The van der Waals surface area contributed by atoms with Gasteiger partial charge < -0.3 is 4.74 Å². The van der Waals surface area contributed by atoms with Gasteiger partial charge in [0.2, 0.25) is 0 Å². The normalized spacial score (nSPS) is 34.3. The molecule has 0 unspecified atom stereocenters. The molecule has 14 heavy (non-hydrogen) atoms. The van der Waals surface area contributed by atoms with E-state index in [4.69, 9.17) is 4.74 Å². The van der Waals surface area contributed by atoms with Crippen molar-refractivity contribution in [1.82, 2.24) is 0 Å². The highest BCUT2D eigenvalue weighted by Crippen LogP contribution is 2.46. The average Bonchev–Trinajstić information content (AvgIpc) is 2.75. The summed E-state index contributed by atoms with van der Waals surface area (Å²) < 4.78 is 6.91. The first-order valence-corrected chi connectivity index (χ1v) is 5.94. The van der Waals surface area contributed by atoms with Gasteiger partial charge in [-0.3, -0.25) is 0 Å². The van der Waals surface area contributed by atoms with Crippen molar-refractivity contribution >= 4 is 15.9 Å². The first-order valence-electron chi connectivity index (χ1n) is 5.15. The van der Waals surface area contributed by atoms with Crippen LogP contribution >= 0.6 is 15.9 Å². The van der Waals surface area contributed by atoms with E-state index in [-0.39, 0.29) is 5.60 Å². The molecule has 0 aromatic heterocycles. The lowest BCUT2D eigenvalue weighted by molar-refractivity contribution is 0.272. The zero-order valence-corrected chi connectivity index (χ0v) is 9.80. The highest BCUT2D eigenvalue weighted by Gasteiger charge is 2.54. The summed E-state index contributed by atoms with van der Waals surface area (Å²) in [6, 6.07) is 6.61. The summed E-state index contributed by atoms with van der Waals surface area (Å²) in [5, 5.41) is 0. The Morgan fingerprint density at radius 2 is 2.21 bits per heavy atom. The van der Waals surface area contributed by atoms with E-state index in [1.54, 1.807) is 0 Å². The second-order valence-electron chi connectivity index (χ2n) is 4.41. The Morgan fingerprint density at radius 3 is 2.93 bits per heavy atom. The summed E-state index contributed by atoms with van der Waals surface area (Å²) in [6.45, 7) is 2.18. The molecule has 1 heterocycles. The highest BCUT2D eigenvalue weighted by atomic mass is 79.9. The SMILES string of the molecule is C[C@H]1O[C@]12CCc1ccc(Br)cc1C2. The molecule has 1 spiro atoms. The van der Waals surface area contributed by atoms with Crippen molar-refractivity contribution < 1.29 is 4.74 Å². The Morgan fingerprint density at radius 1 is 1.43 bits per heavy atom. The fourth-order valence-electron chi connectivity index (χ4n) is 2.53. The van der Waals surface area contributed by atoms with E-state index in [1.165, 1.54) is 28.4 Å². The van der Waals surface area contributed by atoms with Crippen LogP contribution in [0.3, 0.4) is 0 Å². The van der Waals surface area contributed by atoms with E-state index in [9.17, 15) is 0 Å². The molecule has 1 aliphatic heterocycles. The van der Waals surface area contributed by atoms with Crippen LogP contribution in [-0.4, -0.2) is 11.7 Å². The minimum Gasteiger partial charge on any atom is -0.366 e. The van der Waals surface area contributed by atoms with Crippen molar-refractivity contribution in [3.05, 3.63) is 33.8 Å². The summed E-state index contributed by atoms with van der Waals surface area (Å²) in [7, 11) is 0. The van der Waals surface area contributed by atoms with E-state index >= 15 is 0 Å². The minimum atomic E-state index is 0.202. The Hall–Kier alpha value is -0.340. The lowest BCUT2D eigenvalue weighted by Crippen LogP contribution is -2.24. The topological polar surface area (TPSA) is 12.5 Å². The second kappa shape index (κ2) is 2.83. The molecule has 1 saturated heterocycles. The Balaban J connectivity index is 1.97. The van der Waals surface area contributed by atoms with Crippen LogP contribution in [0.5, 0.6) is 0 Å². The molecule has 1 nitrogen and oxygen atoms in total. The number of halogens is 1. The van der Waals surface area contributed by atoms with Crippen molar-refractivity contribution in [2.45, 2.75) is 37.9 Å². The summed E-state index contributed by atoms with van der Waals surface area (Å²) in [5.74, 6) is 0. The minimum absolute atomic E-state index is 0.202. The van der Waals surface area contributed by atoms with Gasteiger partial charge in [0.15, 0.2) is 0 Å². The third-order valence-electron chi connectivity index (χ3n) is 3.57. The van der Waals surface area contributed by atoms with Gasteiger partial charge in [-0.2, -0.15) is 0 Å². The quantitative estimate of drug-likeness (QED) is 0.647. The Kier molecular flexibility index (Phi) is 1.80. The lowest BCUT2D eigenvalue weighted by Gasteiger charge is -2.22. The van der Waals surface area contributed by atoms with Crippen molar-refractivity contribution in [3.8, 4) is 0 Å². The molecule has 3 rings (SSSR count). The standard InChI is InChI=1S/C12H13BrO/c1-8-12(14-8)5-4-9-2-3-11(13)6-10(9)7-12/h2-3,6,8H,4-5,7H2,1H3/t8-,12+/m1/s1. The van der Waals surface area contributed by atoms with Gasteiger partial charge in [-0.25, -0.2) is 0 Å². The van der Waals surface area contributed by atoms with Crippen molar-refractivity contribution in [1.29, 1.82) is 0 Å². The Labute approximate surface area is 92.6 Å². The smallest absolute Gasteiger partial charge is 0.0988 e. The number of rotatable bonds is 0. The molecule has 0 radical (unpaired) electrons. The van der Waals surface area contributed by atoms with Crippen LogP contribution in [0.15, 0.2) is 22.7 Å². The molecule has 1 fully saturated rings. The molecule has 0 amide bonds. The summed E-state index contributed by atoms with van der Waals surface area (Å²) in [4.78, 5) is 0. The molecule has 0 saturated carbocycles. The van der Waals surface area contributed by atoms with Gasteiger partial charge in [-0.05, 0) is 43.0 Å². The summed E-state index contributed by atoms with van der Waals surface area (Å²) in [6.07, 6.45) is 3.94. The van der Waals surface area contributed by atoms with Crippen LogP contribution in [0.4, 0.5) is 0 Å². The third kappa shape index (κ3) is 1.24. The number of aryl methyl sites for hydroxylation is 1. The summed E-state index contributed by atoms with van der Waals surface area (Å²) >= 11 is 3.52. The van der Waals surface area contributed by atoms with Crippen molar-refractivity contribution in [2.24, 2.45) is 0 Å². The Bertz CT molecular complexity index is 388. The molecule has 2 heteroatoms. The largest absolute Gasteiger partial charge is 0.366 e. The van der Waals surface area contributed by atoms with Crippen LogP contribution in [0.1, 0.15) is 24.5 Å². The van der Waals surface area contributed by atoms with E-state index in [0.29, 0.717) is 6.10 Å². The number of hydrogen-bond donors (Lipinski definition) is 0. The van der Waals surface area contributed by atoms with E-state index in [2.05, 4.69) is 41.1 Å². The van der Waals surface area contributed by atoms with Crippen LogP contribution < -0.4 is 0 Å². The van der Waals surface area contributed by atoms with E-state index in [1.807, 2.05) is 0 Å². The van der Waals surface area contributed by atoms with Gasteiger partial charge in [0, 0.05) is 10.9 Å². The number of ether oxygens (including phenoxy) is 1. The zero-order valence-electron chi connectivity index (χ0n) is 8.22. The molecule has 0 bridgehead atoms. The van der Waals surface area contributed by atoms with Gasteiger partial charge in [-0.15, -0.1) is 0 Å². The third-order valence-corrected chi connectivity index (χ3v) is 4.06. The summed E-state index contributed by atoms with van der Waals surface area (Å²) in [5.41, 5.74) is 3.17.